The summed E-state index contributed by atoms with van der Waals surface area (Å²) in [6.07, 6.45) is 24.1. The maximum Gasteiger partial charge on any atom is 0.145 e. The zero-order valence-electron chi connectivity index (χ0n) is 14.7. The smallest absolute Gasteiger partial charge is 0.145 e. The van der Waals surface area contributed by atoms with E-state index in [0.717, 1.165) is 0 Å². The molecule has 22 heavy (non-hydrogen) atoms. The molecule has 1 aliphatic heterocycles. The fourth-order valence-electron chi connectivity index (χ4n) is 2.91. The fraction of sp³-hybridized carbons (Fsp3) is 0.895. The summed E-state index contributed by atoms with van der Waals surface area (Å²) in [5.74, 6) is 1.27. The van der Waals surface area contributed by atoms with Crippen LogP contribution in [-0.2, 0) is 0 Å². The van der Waals surface area contributed by atoms with Gasteiger partial charge in [-0.15, -0.1) is 11.8 Å². The summed E-state index contributed by atoms with van der Waals surface area (Å²) in [6, 6.07) is 0. The van der Waals surface area contributed by atoms with E-state index in [2.05, 4.69) is 17.6 Å². The molecule has 0 aromatic heterocycles. The van der Waals surface area contributed by atoms with Crippen molar-refractivity contribution >= 4 is 11.8 Å². The topological polar surface area (TPSA) is 24.1 Å². The van der Waals surface area contributed by atoms with Gasteiger partial charge in [-0.05, 0) is 12.2 Å². The lowest BCUT2D eigenvalue weighted by Crippen LogP contribution is -2.26. The second kappa shape index (κ2) is 15.6. The Balaban J connectivity index is 1.64. The molecule has 2 N–H and O–H groups in total. The van der Waals surface area contributed by atoms with Crippen LogP contribution in [0.2, 0.25) is 0 Å². The second-order valence-corrected chi connectivity index (χ2v) is 7.73. The van der Waals surface area contributed by atoms with Gasteiger partial charge in [-0.2, -0.15) is 0 Å². The summed E-state index contributed by atoms with van der Waals surface area (Å²) < 4.78 is 0. The van der Waals surface area contributed by atoms with E-state index >= 15 is 0 Å². The molecule has 0 spiro atoms. The fourth-order valence-corrected chi connectivity index (χ4v) is 3.87. The van der Waals surface area contributed by atoms with Crippen molar-refractivity contribution in [3.05, 3.63) is 12.4 Å². The number of nitrogens with one attached hydrogen (secondary N) is 2. The van der Waals surface area contributed by atoms with Gasteiger partial charge in [0, 0.05) is 12.4 Å². The first kappa shape index (κ1) is 19.7. The molecule has 1 rings (SSSR count). The lowest BCUT2D eigenvalue weighted by Gasteiger charge is -2.11. The van der Waals surface area contributed by atoms with E-state index in [1.807, 2.05) is 24.2 Å². The van der Waals surface area contributed by atoms with Crippen molar-refractivity contribution in [3.8, 4) is 0 Å². The Hall–Kier alpha value is -0.310. The van der Waals surface area contributed by atoms with Crippen molar-refractivity contribution in [2.45, 2.75) is 102 Å². The molecule has 0 unspecified atom stereocenters. The first-order valence-corrected chi connectivity index (χ1v) is 10.8. The van der Waals surface area contributed by atoms with Crippen LogP contribution in [0.4, 0.5) is 0 Å². The maximum atomic E-state index is 3.28. The Morgan fingerprint density at radius 3 is 1.50 bits per heavy atom. The van der Waals surface area contributed by atoms with Crippen LogP contribution in [0.5, 0.6) is 0 Å². The summed E-state index contributed by atoms with van der Waals surface area (Å²) in [4.78, 5) is 0. The van der Waals surface area contributed by atoms with E-state index in [0.29, 0.717) is 5.50 Å². The maximum absolute atomic E-state index is 3.28. The van der Waals surface area contributed by atoms with Gasteiger partial charge in [0.1, 0.15) is 5.50 Å². The predicted octanol–water partition coefficient (Wildman–Crippen LogP) is 6.15. The van der Waals surface area contributed by atoms with Gasteiger partial charge in [-0.3, -0.25) is 0 Å². The van der Waals surface area contributed by atoms with E-state index in [4.69, 9.17) is 0 Å². The van der Waals surface area contributed by atoms with Gasteiger partial charge < -0.3 is 10.6 Å². The first-order chi connectivity index (χ1) is 10.9. The molecule has 0 atom stereocenters. The Morgan fingerprint density at radius 1 is 0.636 bits per heavy atom. The van der Waals surface area contributed by atoms with Gasteiger partial charge in [0.05, 0.1) is 0 Å². The van der Waals surface area contributed by atoms with Crippen molar-refractivity contribution in [2.75, 3.05) is 5.75 Å². The molecule has 0 saturated heterocycles. The van der Waals surface area contributed by atoms with Crippen molar-refractivity contribution in [1.82, 2.24) is 10.6 Å². The molecule has 1 heterocycles. The van der Waals surface area contributed by atoms with Crippen LogP contribution >= 0.6 is 11.8 Å². The normalized spacial score (nSPS) is 14.2. The summed E-state index contributed by atoms with van der Waals surface area (Å²) in [5, 5.41) is 6.55. The van der Waals surface area contributed by atoms with Crippen molar-refractivity contribution in [3.63, 3.8) is 0 Å². The van der Waals surface area contributed by atoms with Gasteiger partial charge in [0.2, 0.25) is 0 Å². The largest absolute Gasteiger partial charge is 0.362 e. The average Bonchev–Trinajstić information content (AvgIpc) is 3.04. The highest BCUT2D eigenvalue weighted by molar-refractivity contribution is 7.99. The van der Waals surface area contributed by atoms with E-state index in [1.54, 1.807) is 0 Å². The molecule has 0 aromatic rings. The number of rotatable bonds is 16. The van der Waals surface area contributed by atoms with Crippen LogP contribution in [0.25, 0.3) is 0 Å². The van der Waals surface area contributed by atoms with E-state index in [1.165, 1.54) is 95.6 Å². The third-order valence-electron chi connectivity index (χ3n) is 4.36. The highest BCUT2D eigenvalue weighted by Gasteiger charge is 2.06. The zero-order chi connectivity index (χ0) is 15.7. The third kappa shape index (κ3) is 12.3. The molecule has 1 aliphatic rings. The summed E-state index contributed by atoms with van der Waals surface area (Å²) in [7, 11) is 0. The standard InChI is InChI=1S/C19H38N2S/c1-2-3-4-5-6-7-8-9-10-11-12-13-14-15-18-22-19-20-16-17-21-19/h16-17,19-21H,2-15,18H2,1H3. The molecule has 0 fully saturated rings. The van der Waals surface area contributed by atoms with Crippen LogP contribution in [0, 0.1) is 0 Å². The zero-order valence-corrected chi connectivity index (χ0v) is 15.6. The molecule has 0 radical (unpaired) electrons. The Morgan fingerprint density at radius 2 is 1.05 bits per heavy atom. The van der Waals surface area contributed by atoms with Gasteiger partial charge in [0.25, 0.3) is 0 Å². The van der Waals surface area contributed by atoms with Crippen molar-refractivity contribution in [1.29, 1.82) is 0 Å². The third-order valence-corrected chi connectivity index (χ3v) is 5.49. The SMILES string of the molecule is CCCCCCCCCCCCCCCCSC1NC=CN1. The lowest BCUT2D eigenvalue weighted by molar-refractivity contribution is 0.538. The Kier molecular flexibility index (Phi) is 14.0. The molecule has 2 nitrogen and oxygen atoms in total. The Labute approximate surface area is 143 Å². The van der Waals surface area contributed by atoms with E-state index in [9.17, 15) is 0 Å². The van der Waals surface area contributed by atoms with Crippen LogP contribution in [0.3, 0.4) is 0 Å². The number of hydrogen-bond acceptors (Lipinski definition) is 3. The van der Waals surface area contributed by atoms with Crippen molar-refractivity contribution in [2.24, 2.45) is 0 Å². The molecular weight excluding hydrogens is 288 g/mol. The molecule has 0 saturated carbocycles. The highest BCUT2D eigenvalue weighted by Crippen LogP contribution is 2.15. The Bertz CT molecular complexity index is 248. The minimum absolute atomic E-state index is 0.418. The summed E-state index contributed by atoms with van der Waals surface area (Å²) >= 11 is 1.98. The lowest BCUT2D eigenvalue weighted by atomic mass is 10.0. The molecule has 3 heteroatoms. The average molecular weight is 327 g/mol. The molecule has 0 amide bonds. The number of thioether (sulfide) groups is 1. The summed E-state index contributed by atoms with van der Waals surface area (Å²) in [6.45, 7) is 2.29. The van der Waals surface area contributed by atoms with Gasteiger partial charge in [-0.25, -0.2) is 0 Å². The molecule has 0 aliphatic carbocycles. The van der Waals surface area contributed by atoms with Gasteiger partial charge in [0.15, 0.2) is 0 Å². The van der Waals surface area contributed by atoms with Crippen molar-refractivity contribution < 1.29 is 0 Å². The van der Waals surface area contributed by atoms with Crippen LogP contribution in [0.15, 0.2) is 12.4 Å². The highest BCUT2D eigenvalue weighted by atomic mass is 32.2. The molecular formula is C19H38N2S. The number of hydrogen-bond donors (Lipinski definition) is 2. The monoisotopic (exact) mass is 326 g/mol. The predicted molar refractivity (Wildman–Crippen MR) is 102 cm³/mol. The first-order valence-electron chi connectivity index (χ1n) is 9.72. The van der Waals surface area contributed by atoms with E-state index < -0.39 is 0 Å². The van der Waals surface area contributed by atoms with Crippen LogP contribution < -0.4 is 10.6 Å². The van der Waals surface area contributed by atoms with Gasteiger partial charge in [-0.1, -0.05) is 90.4 Å². The second-order valence-electron chi connectivity index (χ2n) is 6.51. The number of unbranched alkanes of at least 4 members (excludes halogenated alkanes) is 13. The van der Waals surface area contributed by atoms with Crippen LogP contribution in [-0.4, -0.2) is 11.3 Å². The van der Waals surface area contributed by atoms with Gasteiger partial charge >= 0.3 is 0 Å². The van der Waals surface area contributed by atoms with E-state index in [-0.39, 0.29) is 0 Å². The molecule has 0 aromatic carbocycles. The minimum Gasteiger partial charge on any atom is -0.362 e. The van der Waals surface area contributed by atoms with Crippen LogP contribution in [0.1, 0.15) is 96.8 Å². The molecule has 0 bridgehead atoms. The molecule has 130 valence electrons. The minimum atomic E-state index is 0.418. The quantitative estimate of drug-likeness (QED) is 0.333. The summed E-state index contributed by atoms with van der Waals surface area (Å²) in [5.41, 5.74) is 0.418.